The van der Waals surface area contributed by atoms with Gasteiger partial charge in [0.2, 0.25) is 0 Å². The third kappa shape index (κ3) is 2.56. The van der Waals surface area contributed by atoms with Gasteiger partial charge in [0.05, 0.1) is 11.4 Å². The molecular formula is C14H17N5. The Kier molecular flexibility index (Phi) is 3.13. The molecule has 3 rings (SSSR count). The molecule has 2 aromatic heterocycles. The molecule has 1 saturated heterocycles. The number of nitrogens with two attached hydrogens (primary N) is 1. The first-order chi connectivity index (χ1) is 9.22. The summed E-state index contributed by atoms with van der Waals surface area (Å²) in [6.07, 6.45) is 2.79. The van der Waals surface area contributed by atoms with Crippen molar-refractivity contribution >= 4 is 5.82 Å². The van der Waals surface area contributed by atoms with Gasteiger partial charge in [-0.05, 0) is 25.5 Å². The maximum Gasteiger partial charge on any atom is 0.132 e. The SMILES string of the molecule is Cc1nc(-c2ccccn2)cc(N2CCC(N)C2)n1. The van der Waals surface area contributed by atoms with E-state index in [-0.39, 0.29) is 6.04 Å². The van der Waals surface area contributed by atoms with E-state index in [9.17, 15) is 0 Å². The Bertz CT molecular complexity index is 569. The van der Waals surface area contributed by atoms with E-state index in [2.05, 4.69) is 19.9 Å². The molecule has 0 saturated carbocycles. The fraction of sp³-hybridized carbons (Fsp3) is 0.357. The van der Waals surface area contributed by atoms with Gasteiger partial charge in [0.25, 0.3) is 0 Å². The Hall–Kier alpha value is -2.01. The van der Waals surface area contributed by atoms with Crippen LogP contribution in [0.25, 0.3) is 11.4 Å². The third-order valence-electron chi connectivity index (χ3n) is 3.30. The Labute approximate surface area is 112 Å². The molecule has 98 valence electrons. The van der Waals surface area contributed by atoms with E-state index in [0.717, 1.165) is 42.5 Å². The van der Waals surface area contributed by atoms with Crippen molar-refractivity contribution in [3.8, 4) is 11.4 Å². The molecule has 0 spiro atoms. The van der Waals surface area contributed by atoms with Crippen LogP contribution in [-0.4, -0.2) is 34.1 Å². The second-order valence-electron chi connectivity index (χ2n) is 4.87. The molecule has 0 aliphatic carbocycles. The average molecular weight is 255 g/mol. The van der Waals surface area contributed by atoms with Gasteiger partial charge in [0.15, 0.2) is 0 Å². The van der Waals surface area contributed by atoms with Crippen LogP contribution in [0.1, 0.15) is 12.2 Å². The Balaban J connectivity index is 1.97. The number of hydrogen-bond donors (Lipinski definition) is 1. The standard InChI is InChI=1S/C14H17N5/c1-10-17-13(12-4-2-3-6-16-12)8-14(18-10)19-7-5-11(15)9-19/h2-4,6,8,11H,5,7,9,15H2,1H3. The van der Waals surface area contributed by atoms with Gasteiger partial charge in [-0.3, -0.25) is 4.98 Å². The van der Waals surface area contributed by atoms with Crippen LogP contribution in [0, 0.1) is 6.92 Å². The van der Waals surface area contributed by atoms with E-state index in [1.807, 2.05) is 31.2 Å². The summed E-state index contributed by atoms with van der Waals surface area (Å²) in [4.78, 5) is 15.5. The summed E-state index contributed by atoms with van der Waals surface area (Å²) in [5.74, 6) is 1.71. The summed E-state index contributed by atoms with van der Waals surface area (Å²) >= 11 is 0. The lowest BCUT2D eigenvalue weighted by atomic mass is 10.2. The summed E-state index contributed by atoms with van der Waals surface area (Å²) in [6.45, 7) is 3.73. The van der Waals surface area contributed by atoms with Crippen molar-refractivity contribution in [2.75, 3.05) is 18.0 Å². The van der Waals surface area contributed by atoms with E-state index in [0.29, 0.717) is 0 Å². The van der Waals surface area contributed by atoms with E-state index >= 15 is 0 Å². The lowest BCUT2D eigenvalue weighted by Gasteiger charge is -2.17. The molecule has 2 N–H and O–H groups in total. The number of aryl methyl sites for hydroxylation is 1. The highest BCUT2D eigenvalue weighted by atomic mass is 15.2. The fourth-order valence-corrected chi connectivity index (χ4v) is 2.35. The molecule has 1 aliphatic heterocycles. The molecule has 2 aromatic rings. The third-order valence-corrected chi connectivity index (χ3v) is 3.30. The maximum absolute atomic E-state index is 5.95. The minimum absolute atomic E-state index is 0.244. The van der Waals surface area contributed by atoms with Crippen LogP contribution in [0.2, 0.25) is 0 Å². The molecule has 0 amide bonds. The van der Waals surface area contributed by atoms with Crippen molar-refractivity contribution in [3.63, 3.8) is 0 Å². The lowest BCUT2D eigenvalue weighted by Crippen LogP contribution is -2.27. The normalized spacial score (nSPS) is 18.8. The number of anilines is 1. The van der Waals surface area contributed by atoms with Crippen LogP contribution >= 0.6 is 0 Å². The summed E-state index contributed by atoms with van der Waals surface area (Å²) in [7, 11) is 0. The van der Waals surface area contributed by atoms with Gasteiger partial charge >= 0.3 is 0 Å². The van der Waals surface area contributed by atoms with E-state index in [1.165, 1.54) is 0 Å². The van der Waals surface area contributed by atoms with Gasteiger partial charge in [-0.15, -0.1) is 0 Å². The Morgan fingerprint density at radius 3 is 2.84 bits per heavy atom. The maximum atomic E-state index is 5.95. The van der Waals surface area contributed by atoms with Crippen molar-refractivity contribution in [2.45, 2.75) is 19.4 Å². The van der Waals surface area contributed by atoms with E-state index < -0.39 is 0 Å². The van der Waals surface area contributed by atoms with Gasteiger partial charge in [-0.25, -0.2) is 9.97 Å². The Morgan fingerprint density at radius 2 is 2.16 bits per heavy atom. The quantitative estimate of drug-likeness (QED) is 0.878. The van der Waals surface area contributed by atoms with Crippen LogP contribution in [0.5, 0.6) is 0 Å². The van der Waals surface area contributed by atoms with Crippen LogP contribution in [0.4, 0.5) is 5.82 Å². The van der Waals surface area contributed by atoms with Gasteiger partial charge in [0, 0.05) is 31.4 Å². The molecular weight excluding hydrogens is 238 g/mol. The largest absolute Gasteiger partial charge is 0.355 e. The van der Waals surface area contributed by atoms with Crippen molar-refractivity contribution in [2.24, 2.45) is 5.73 Å². The highest BCUT2D eigenvalue weighted by Gasteiger charge is 2.21. The molecule has 5 heteroatoms. The lowest BCUT2D eigenvalue weighted by molar-refractivity contribution is 0.751. The highest BCUT2D eigenvalue weighted by molar-refractivity contribution is 5.59. The molecule has 0 radical (unpaired) electrons. The van der Waals surface area contributed by atoms with Gasteiger partial charge < -0.3 is 10.6 Å². The molecule has 1 aliphatic rings. The first-order valence-electron chi connectivity index (χ1n) is 6.50. The summed E-state index contributed by atoms with van der Waals surface area (Å²) in [5, 5.41) is 0. The molecule has 0 aromatic carbocycles. The zero-order valence-corrected chi connectivity index (χ0v) is 11.0. The van der Waals surface area contributed by atoms with Crippen molar-refractivity contribution < 1.29 is 0 Å². The fourth-order valence-electron chi connectivity index (χ4n) is 2.35. The number of nitrogens with zero attached hydrogens (tertiary/aromatic N) is 4. The van der Waals surface area contributed by atoms with Crippen molar-refractivity contribution in [3.05, 3.63) is 36.3 Å². The number of aromatic nitrogens is 3. The van der Waals surface area contributed by atoms with Crippen LogP contribution in [-0.2, 0) is 0 Å². The summed E-state index contributed by atoms with van der Waals surface area (Å²) in [5.41, 5.74) is 7.69. The van der Waals surface area contributed by atoms with Crippen LogP contribution in [0.15, 0.2) is 30.5 Å². The predicted molar refractivity (Wildman–Crippen MR) is 74.8 cm³/mol. The first kappa shape index (κ1) is 12.0. The molecule has 1 unspecified atom stereocenters. The second-order valence-corrected chi connectivity index (χ2v) is 4.87. The number of pyridine rings is 1. The van der Waals surface area contributed by atoms with Gasteiger partial charge in [-0.1, -0.05) is 6.07 Å². The molecule has 3 heterocycles. The first-order valence-corrected chi connectivity index (χ1v) is 6.50. The highest BCUT2D eigenvalue weighted by Crippen LogP contribution is 2.22. The molecule has 1 atom stereocenters. The van der Waals surface area contributed by atoms with Gasteiger partial charge in [-0.2, -0.15) is 0 Å². The zero-order chi connectivity index (χ0) is 13.2. The van der Waals surface area contributed by atoms with Crippen molar-refractivity contribution in [1.29, 1.82) is 0 Å². The predicted octanol–water partition coefficient (Wildman–Crippen LogP) is 1.38. The Morgan fingerprint density at radius 1 is 1.26 bits per heavy atom. The van der Waals surface area contributed by atoms with E-state index in [1.54, 1.807) is 6.20 Å². The molecule has 1 fully saturated rings. The number of hydrogen-bond acceptors (Lipinski definition) is 5. The van der Waals surface area contributed by atoms with Crippen molar-refractivity contribution in [1.82, 2.24) is 15.0 Å². The summed E-state index contributed by atoms with van der Waals surface area (Å²) in [6, 6.07) is 8.06. The zero-order valence-electron chi connectivity index (χ0n) is 11.0. The van der Waals surface area contributed by atoms with Crippen LogP contribution < -0.4 is 10.6 Å². The van der Waals surface area contributed by atoms with E-state index in [4.69, 9.17) is 5.73 Å². The number of rotatable bonds is 2. The molecule has 0 bridgehead atoms. The molecule has 5 nitrogen and oxygen atoms in total. The topological polar surface area (TPSA) is 67.9 Å². The smallest absolute Gasteiger partial charge is 0.132 e. The van der Waals surface area contributed by atoms with Crippen LogP contribution in [0.3, 0.4) is 0 Å². The van der Waals surface area contributed by atoms with Gasteiger partial charge in [0.1, 0.15) is 11.6 Å². The minimum Gasteiger partial charge on any atom is -0.355 e. The monoisotopic (exact) mass is 255 g/mol. The second kappa shape index (κ2) is 4.93. The molecule has 19 heavy (non-hydrogen) atoms. The summed E-state index contributed by atoms with van der Waals surface area (Å²) < 4.78 is 0. The minimum atomic E-state index is 0.244. The average Bonchev–Trinajstić information content (AvgIpc) is 2.86.